The zero-order valence-corrected chi connectivity index (χ0v) is 15.5. The topological polar surface area (TPSA) is 58.3 Å². The molecule has 0 aliphatic carbocycles. The first kappa shape index (κ1) is 17.3. The molecule has 1 aliphatic rings. The second kappa shape index (κ2) is 8.03. The Morgan fingerprint density at radius 3 is 2.67 bits per heavy atom. The Morgan fingerprint density at radius 2 is 1.85 bits per heavy atom. The molecular weight excluding hydrogens is 336 g/mol. The highest BCUT2D eigenvalue weighted by Crippen LogP contribution is 2.18. The third-order valence-corrected chi connectivity index (χ3v) is 4.79. The summed E-state index contributed by atoms with van der Waals surface area (Å²) < 4.78 is 1.98. The van der Waals surface area contributed by atoms with Crippen LogP contribution in [0.3, 0.4) is 0 Å². The van der Waals surface area contributed by atoms with Gasteiger partial charge < -0.3 is 10.2 Å². The normalized spacial score (nSPS) is 14.1. The summed E-state index contributed by atoms with van der Waals surface area (Å²) in [5, 5.41) is 11.8. The van der Waals surface area contributed by atoms with Gasteiger partial charge in [-0.25, -0.2) is 4.99 Å². The van der Waals surface area contributed by atoms with E-state index in [4.69, 9.17) is 4.99 Å². The Balaban J connectivity index is 1.54. The average Bonchev–Trinajstić information content (AvgIpc) is 3.20. The quantitative estimate of drug-likeness (QED) is 0.574. The monoisotopic (exact) mass is 360 g/mol. The molecule has 6 nitrogen and oxygen atoms in total. The van der Waals surface area contributed by atoms with Crippen LogP contribution in [0.5, 0.6) is 0 Å². The molecule has 4 rings (SSSR count). The zero-order valence-electron chi connectivity index (χ0n) is 15.5. The molecule has 0 atom stereocenters. The number of guanidine groups is 1. The van der Waals surface area contributed by atoms with E-state index in [0.717, 1.165) is 43.5 Å². The minimum absolute atomic E-state index is 0.482. The molecule has 0 bridgehead atoms. The van der Waals surface area contributed by atoms with Crippen molar-refractivity contribution in [3.05, 3.63) is 77.9 Å². The first-order valence-corrected chi connectivity index (χ1v) is 9.39. The molecule has 0 unspecified atom stereocenters. The third-order valence-electron chi connectivity index (χ3n) is 4.79. The van der Waals surface area contributed by atoms with Crippen LogP contribution in [0.2, 0.25) is 0 Å². The Morgan fingerprint density at radius 1 is 1.07 bits per heavy atom. The Labute approximate surface area is 159 Å². The Kier molecular flexibility index (Phi) is 5.14. The second-order valence-electron chi connectivity index (χ2n) is 6.56. The fourth-order valence-electron chi connectivity index (χ4n) is 3.42. The number of para-hydroxylation sites is 1. The van der Waals surface area contributed by atoms with Crippen molar-refractivity contribution < 1.29 is 0 Å². The predicted molar refractivity (Wildman–Crippen MR) is 107 cm³/mol. The number of aliphatic imine (C=N–C) groups is 1. The highest BCUT2D eigenvalue weighted by molar-refractivity contribution is 5.80. The van der Waals surface area contributed by atoms with Crippen LogP contribution < -0.4 is 5.32 Å². The summed E-state index contributed by atoms with van der Waals surface area (Å²) in [6, 6.07) is 18.8. The van der Waals surface area contributed by atoms with Crippen molar-refractivity contribution in [2.75, 3.05) is 13.1 Å². The summed E-state index contributed by atoms with van der Waals surface area (Å²) in [6.45, 7) is 5.26. The van der Waals surface area contributed by atoms with Crippen LogP contribution >= 0.6 is 0 Å². The smallest absolute Gasteiger partial charge is 0.194 e. The van der Waals surface area contributed by atoms with Gasteiger partial charge in [0.25, 0.3) is 0 Å². The molecule has 1 aliphatic heterocycles. The van der Waals surface area contributed by atoms with Gasteiger partial charge in [-0.2, -0.15) is 0 Å². The van der Waals surface area contributed by atoms with E-state index in [1.807, 2.05) is 34.9 Å². The maximum atomic E-state index is 4.85. The van der Waals surface area contributed by atoms with E-state index in [2.05, 4.69) is 51.6 Å². The van der Waals surface area contributed by atoms with Gasteiger partial charge in [0.2, 0.25) is 0 Å². The molecule has 0 radical (unpaired) electrons. The maximum absolute atomic E-state index is 4.85. The molecule has 0 fully saturated rings. The van der Waals surface area contributed by atoms with Crippen molar-refractivity contribution in [2.24, 2.45) is 4.99 Å². The summed E-state index contributed by atoms with van der Waals surface area (Å²) >= 11 is 0. The summed E-state index contributed by atoms with van der Waals surface area (Å²) in [5.41, 5.74) is 3.86. The molecule has 1 aromatic heterocycles. The number of nitrogens with zero attached hydrogens (tertiary/aromatic N) is 5. The number of aromatic nitrogens is 3. The summed E-state index contributed by atoms with van der Waals surface area (Å²) in [4.78, 5) is 7.16. The van der Waals surface area contributed by atoms with Crippen LogP contribution in [0, 0.1) is 0 Å². The predicted octanol–water partition coefficient (Wildman–Crippen LogP) is 2.79. The largest absolute Gasteiger partial charge is 0.356 e. The van der Waals surface area contributed by atoms with Crippen molar-refractivity contribution in [1.82, 2.24) is 25.0 Å². The van der Waals surface area contributed by atoms with Gasteiger partial charge in [-0.05, 0) is 36.6 Å². The van der Waals surface area contributed by atoms with Gasteiger partial charge in [0, 0.05) is 25.3 Å². The van der Waals surface area contributed by atoms with Crippen molar-refractivity contribution in [1.29, 1.82) is 0 Å². The lowest BCUT2D eigenvalue weighted by atomic mass is 10.0. The van der Waals surface area contributed by atoms with Crippen LogP contribution in [-0.2, 0) is 19.5 Å². The lowest BCUT2D eigenvalue weighted by molar-refractivity contribution is 0.378. The Hall–Kier alpha value is -3.15. The first-order valence-electron chi connectivity index (χ1n) is 9.39. The average molecular weight is 360 g/mol. The van der Waals surface area contributed by atoms with Gasteiger partial charge in [-0.15, -0.1) is 10.2 Å². The maximum Gasteiger partial charge on any atom is 0.194 e. The molecule has 0 spiro atoms. The molecule has 27 heavy (non-hydrogen) atoms. The zero-order chi connectivity index (χ0) is 18.5. The molecule has 0 saturated heterocycles. The SMILES string of the molecule is CCNC(=NCc1nncn1-c1ccccc1)N1CCc2ccccc2C1. The number of nitrogens with one attached hydrogen (secondary N) is 1. The summed E-state index contributed by atoms with van der Waals surface area (Å²) in [5.74, 6) is 1.75. The van der Waals surface area contributed by atoms with E-state index in [1.54, 1.807) is 6.33 Å². The fourth-order valence-corrected chi connectivity index (χ4v) is 3.42. The molecule has 2 heterocycles. The standard InChI is InChI=1S/C21H24N6/c1-2-22-21(26-13-12-17-8-6-7-9-18(17)15-26)23-14-20-25-24-16-27(20)19-10-4-3-5-11-19/h3-11,16H,2,12-15H2,1H3,(H,22,23). The number of benzene rings is 2. The van der Waals surface area contributed by atoms with Crippen molar-refractivity contribution in [2.45, 2.75) is 26.4 Å². The lowest BCUT2D eigenvalue weighted by Crippen LogP contribution is -2.44. The highest BCUT2D eigenvalue weighted by Gasteiger charge is 2.19. The van der Waals surface area contributed by atoms with E-state index in [-0.39, 0.29) is 0 Å². The van der Waals surface area contributed by atoms with Crippen LogP contribution in [-0.4, -0.2) is 38.7 Å². The van der Waals surface area contributed by atoms with Crippen LogP contribution in [0.15, 0.2) is 65.9 Å². The van der Waals surface area contributed by atoms with Crippen LogP contribution in [0.25, 0.3) is 5.69 Å². The van der Waals surface area contributed by atoms with E-state index < -0.39 is 0 Å². The molecule has 0 saturated carbocycles. The third kappa shape index (κ3) is 3.84. The Bertz CT molecular complexity index is 915. The van der Waals surface area contributed by atoms with Crippen molar-refractivity contribution in [3.63, 3.8) is 0 Å². The van der Waals surface area contributed by atoms with Crippen LogP contribution in [0.4, 0.5) is 0 Å². The van der Waals surface area contributed by atoms with E-state index >= 15 is 0 Å². The molecule has 3 aromatic rings. The second-order valence-corrected chi connectivity index (χ2v) is 6.56. The van der Waals surface area contributed by atoms with E-state index in [1.165, 1.54) is 11.1 Å². The van der Waals surface area contributed by atoms with E-state index in [9.17, 15) is 0 Å². The summed E-state index contributed by atoms with van der Waals surface area (Å²) in [7, 11) is 0. The van der Waals surface area contributed by atoms with Gasteiger partial charge in [0.15, 0.2) is 11.8 Å². The number of rotatable bonds is 4. The molecule has 0 amide bonds. The van der Waals surface area contributed by atoms with Gasteiger partial charge >= 0.3 is 0 Å². The molecule has 2 aromatic carbocycles. The van der Waals surface area contributed by atoms with Gasteiger partial charge in [-0.3, -0.25) is 4.57 Å². The van der Waals surface area contributed by atoms with Gasteiger partial charge in [-0.1, -0.05) is 42.5 Å². The molecular formula is C21H24N6. The fraction of sp³-hybridized carbons (Fsp3) is 0.286. The lowest BCUT2D eigenvalue weighted by Gasteiger charge is -2.31. The van der Waals surface area contributed by atoms with Gasteiger partial charge in [0.1, 0.15) is 12.9 Å². The number of fused-ring (bicyclic) bond motifs is 1. The minimum Gasteiger partial charge on any atom is -0.356 e. The van der Waals surface area contributed by atoms with E-state index in [0.29, 0.717) is 6.54 Å². The van der Waals surface area contributed by atoms with Crippen LogP contribution in [0.1, 0.15) is 23.9 Å². The number of hydrogen-bond acceptors (Lipinski definition) is 3. The highest BCUT2D eigenvalue weighted by atomic mass is 15.3. The summed E-state index contributed by atoms with van der Waals surface area (Å²) in [6.07, 6.45) is 2.78. The molecule has 6 heteroatoms. The first-order chi connectivity index (χ1) is 13.3. The number of hydrogen-bond donors (Lipinski definition) is 1. The van der Waals surface area contributed by atoms with Crippen molar-refractivity contribution in [3.8, 4) is 5.69 Å². The minimum atomic E-state index is 0.482. The molecule has 1 N–H and O–H groups in total. The van der Waals surface area contributed by atoms with Crippen molar-refractivity contribution >= 4 is 5.96 Å². The molecule has 138 valence electrons. The van der Waals surface area contributed by atoms with Gasteiger partial charge in [0.05, 0.1) is 0 Å².